The first-order valence-electron chi connectivity index (χ1n) is 7.40. The van der Waals surface area contributed by atoms with Gasteiger partial charge in [-0.3, -0.25) is 0 Å². The molecule has 0 radical (unpaired) electrons. The molecule has 0 saturated carbocycles. The van der Waals surface area contributed by atoms with Crippen LogP contribution in [0.4, 0.5) is 0 Å². The second kappa shape index (κ2) is 7.62. The quantitative estimate of drug-likeness (QED) is 0.589. The Balaban J connectivity index is 2.46. The Morgan fingerprint density at radius 1 is 0.882 bits per heavy atom. The fraction of sp³-hybridized carbons (Fsp3) is 0.867. The number of hydrogen-bond acceptors (Lipinski definition) is 2. The largest absolute Gasteiger partial charge is 0.356 e. The van der Waals surface area contributed by atoms with Crippen molar-refractivity contribution in [3.8, 4) is 0 Å². The molecule has 100 valence electrons. The van der Waals surface area contributed by atoms with Crippen molar-refractivity contribution in [1.29, 1.82) is 0 Å². The molecule has 2 heteroatoms. The van der Waals surface area contributed by atoms with Crippen LogP contribution >= 0.6 is 0 Å². The van der Waals surface area contributed by atoms with Gasteiger partial charge in [0, 0.05) is 25.5 Å². The van der Waals surface area contributed by atoms with Crippen molar-refractivity contribution in [2.75, 3.05) is 13.1 Å². The van der Waals surface area contributed by atoms with Crippen molar-refractivity contribution in [2.24, 2.45) is 5.92 Å². The Labute approximate surface area is 108 Å². The van der Waals surface area contributed by atoms with Gasteiger partial charge < -0.3 is 9.80 Å². The fourth-order valence-electron chi connectivity index (χ4n) is 2.60. The second-order valence-corrected chi connectivity index (χ2v) is 5.49. The zero-order chi connectivity index (χ0) is 12.7. The standard InChI is InChI=1S/C15H30N2/c1-5-7-9-11-17-13-12-16(10-8-6-2)15(17)14(3)4/h12-15H,5-11H2,1-4H3. The minimum absolute atomic E-state index is 0.596. The maximum absolute atomic E-state index is 2.54. The molecule has 1 aliphatic rings. The molecule has 0 bridgehead atoms. The van der Waals surface area contributed by atoms with E-state index in [4.69, 9.17) is 0 Å². The van der Waals surface area contributed by atoms with Gasteiger partial charge in [-0.25, -0.2) is 0 Å². The first kappa shape index (κ1) is 14.4. The molecule has 17 heavy (non-hydrogen) atoms. The van der Waals surface area contributed by atoms with Crippen LogP contribution in [0.25, 0.3) is 0 Å². The summed E-state index contributed by atoms with van der Waals surface area (Å²) in [6.07, 6.45) is 11.8. The summed E-state index contributed by atoms with van der Waals surface area (Å²) in [7, 11) is 0. The van der Waals surface area contributed by atoms with Crippen molar-refractivity contribution in [1.82, 2.24) is 9.80 Å². The molecular weight excluding hydrogens is 208 g/mol. The van der Waals surface area contributed by atoms with E-state index in [9.17, 15) is 0 Å². The monoisotopic (exact) mass is 238 g/mol. The van der Waals surface area contributed by atoms with Crippen LogP contribution in [0.1, 0.15) is 59.8 Å². The third-order valence-corrected chi connectivity index (χ3v) is 3.52. The maximum atomic E-state index is 2.54. The average Bonchev–Trinajstić information content (AvgIpc) is 2.70. The van der Waals surface area contributed by atoms with Gasteiger partial charge in [-0.15, -0.1) is 0 Å². The Kier molecular flexibility index (Phi) is 6.46. The second-order valence-electron chi connectivity index (χ2n) is 5.49. The highest BCUT2D eigenvalue weighted by Gasteiger charge is 2.27. The zero-order valence-corrected chi connectivity index (χ0v) is 12.2. The molecular formula is C15H30N2. The van der Waals surface area contributed by atoms with E-state index >= 15 is 0 Å². The molecule has 0 aromatic heterocycles. The molecule has 1 aliphatic heterocycles. The van der Waals surface area contributed by atoms with Crippen molar-refractivity contribution in [2.45, 2.75) is 66.0 Å². The highest BCUT2D eigenvalue weighted by Crippen LogP contribution is 2.23. The smallest absolute Gasteiger partial charge is 0.103 e. The van der Waals surface area contributed by atoms with Gasteiger partial charge in [0.05, 0.1) is 0 Å². The number of hydrogen-bond donors (Lipinski definition) is 0. The van der Waals surface area contributed by atoms with Crippen LogP contribution in [0.3, 0.4) is 0 Å². The molecule has 1 rings (SSSR count). The van der Waals surface area contributed by atoms with E-state index in [1.54, 1.807) is 0 Å². The Hall–Kier alpha value is -0.660. The summed E-state index contributed by atoms with van der Waals surface area (Å²) >= 11 is 0. The lowest BCUT2D eigenvalue weighted by atomic mass is 10.1. The van der Waals surface area contributed by atoms with E-state index in [1.807, 2.05) is 0 Å². The van der Waals surface area contributed by atoms with Crippen molar-refractivity contribution in [3.63, 3.8) is 0 Å². The Morgan fingerprint density at radius 3 is 1.88 bits per heavy atom. The van der Waals surface area contributed by atoms with Gasteiger partial charge in [-0.1, -0.05) is 47.0 Å². The molecule has 0 N–H and O–H groups in total. The van der Waals surface area contributed by atoms with Crippen LogP contribution in [0.2, 0.25) is 0 Å². The van der Waals surface area contributed by atoms with Crippen molar-refractivity contribution in [3.05, 3.63) is 12.4 Å². The molecule has 0 aromatic carbocycles. The van der Waals surface area contributed by atoms with Gasteiger partial charge in [0.15, 0.2) is 0 Å². The van der Waals surface area contributed by atoms with Crippen LogP contribution < -0.4 is 0 Å². The maximum Gasteiger partial charge on any atom is 0.103 e. The van der Waals surface area contributed by atoms with Gasteiger partial charge in [-0.2, -0.15) is 0 Å². The number of unbranched alkanes of at least 4 members (excludes halogenated alkanes) is 3. The minimum atomic E-state index is 0.596. The first-order chi connectivity index (χ1) is 8.20. The molecule has 1 unspecified atom stereocenters. The predicted molar refractivity (Wildman–Crippen MR) is 75.6 cm³/mol. The molecule has 1 atom stereocenters. The van der Waals surface area contributed by atoms with Crippen LogP contribution in [-0.4, -0.2) is 29.1 Å². The highest BCUT2D eigenvalue weighted by atomic mass is 15.4. The molecule has 2 nitrogen and oxygen atoms in total. The fourth-order valence-corrected chi connectivity index (χ4v) is 2.60. The summed E-state index contributed by atoms with van der Waals surface area (Å²) in [5.41, 5.74) is 0. The molecule has 0 saturated heterocycles. The lowest BCUT2D eigenvalue weighted by Crippen LogP contribution is -2.43. The van der Waals surface area contributed by atoms with Gasteiger partial charge >= 0.3 is 0 Å². The lowest BCUT2D eigenvalue weighted by Gasteiger charge is -2.35. The topological polar surface area (TPSA) is 6.48 Å². The average molecular weight is 238 g/mol. The van der Waals surface area contributed by atoms with Crippen LogP contribution in [0.5, 0.6) is 0 Å². The molecule has 0 aromatic rings. The van der Waals surface area contributed by atoms with Crippen LogP contribution in [-0.2, 0) is 0 Å². The predicted octanol–water partition coefficient (Wildman–Crippen LogP) is 4.05. The first-order valence-corrected chi connectivity index (χ1v) is 7.40. The lowest BCUT2D eigenvalue weighted by molar-refractivity contribution is 0.105. The van der Waals surface area contributed by atoms with Crippen LogP contribution in [0.15, 0.2) is 12.4 Å². The van der Waals surface area contributed by atoms with Crippen molar-refractivity contribution < 1.29 is 0 Å². The van der Waals surface area contributed by atoms with Gasteiger partial charge in [0.1, 0.15) is 6.17 Å². The Morgan fingerprint density at radius 2 is 1.41 bits per heavy atom. The summed E-state index contributed by atoms with van der Waals surface area (Å²) in [4.78, 5) is 5.07. The molecule has 0 spiro atoms. The SMILES string of the molecule is CCCCCN1C=CN(CCCC)C1C(C)C. The van der Waals surface area contributed by atoms with E-state index in [1.165, 1.54) is 45.2 Å². The van der Waals surface area contributed by atoms with Crippen molar-refractivity contribution >= 4 is 0 Å². The Bertz CT molecular complexity index is 223. The molecule has 1 heterocycles. The summed E-state index contributed by atoms with van der Waals surface area (Å²) in [6, 6.07) is 0. The summed E-state index contributed by atoms with van der Waals surface area (Å²) in [5.74, 6) is 0.698. The van der Waals surface area contributed by atoms with E-state index in [0.717, 1.165) is 0 Å². The minimum Gasteiger partial charge on any atom is -0.356 e. The van der Waals surface area contributed by atoms with E-state index in [-0.39, 0.29) is 0 Å². The summed E-state index contributed by atoms with van der Waals surface area (Å²) in [5, 5.41) is 0. The summed E-state index contributed by atoms with van der Waals surface area (Å²) < 4.78 is 0. The molecule has 0 fully saturated rings. The van der Waals surface area contributed by atoms with Gasteiger partial charge in [0.2, 0.25) is 0 Å². The van der Waals surface area contributed by atoms with Gasteiger partial charge in [-0.05, 0) is 18.8 Å². The highest BCUT2D eigenvalue weighted by molar-refractivity contribution is 4.98. The van der Waals surface area contributed by atoms with E-state index in [0.29, 0.717) is 12.1 Å². The third-order valence-electron chi connectivity index (χ3n) is 3.52. The summed E-state index contributed by atoms with van der Waals surface area (Å²) in [6.45, 7) is 11.6. The van der Waals surface area contributed by atoms with E-state index < -0.39 is 0 Å². The molecule has 0 aliphatic carbocycles. The number of nitrogens with zero attached hydrogens (tertiary/aromatic N) is 2. The van der Waals surface area contributed by atoms with Gasteiger partial charge in [0.25, 0.3) is 0 Å². The van der Waals surface area contributed by atoms with Crippen LogP contribution in [0, 0.1) is 5.92 Å². The normalized spacial score (nSPS) is 19.7. The third kappa shape index (κ3) is 4.25. The zero-order valence-electron chi connectivity index (χ0n) is 12.2. The molecule has 0 amide bonds. The number of rotatable bonds is 8. The van der Waals surface area contributed by atoms with E-state index in [2.05, 4.69) is 49.9 Å².